The Labute approximate surface area is 77.6 Å². The zero-order chi connectivity index (χ0) is 9.52. The van der Waals surface area contributed by atoms with Crippen molar-refractivity contribution in [3.8, 4) is 6.07 Å². The van der Waals surface area contributed by atoms with Crippen molar-refractivity contribution in [3.05, 3.63) is 10.4 Å². The standard InChI is InChI=1S/C8H13N5/c9-7-8-1-4-13(5-2-8)6-3-11-12-10/h8H,1-6H2. The lowest BCUT2D eigenvalue weighted by Gasteiger charge is -2.28. The van der Waals surface area contributed by atoms with Gasteiger partial charge in [-0.1, -0.05) is 5.11 Å². The summed E-state index contributed by atoms with van der Waals surface area (Å²) in [7, 11) is 0. The second kappa shape index (κ2) is 5.41. The van der Waals surface area contributed by atoms with Crippen molar-refractivity contribution in [2.45, 2.75) is 12.8 Å². The van der Waals surface area contributed by atoms with Crippen LogP contribution in [0, 0.1) is 17.2 Å². The maximum atomic E-state index is 8.66. The van der Waals surface area contributed by atoms with Crippen molar-refractivity contribution in [2.75, 3.05) is 26.2 Å². The summed E-state index contributed by atoms with van der Waals surface area (Å²) >= 11 is 0. The van der Waals surface area contributed by atoms with Crippen molar-refractivity contribution in [3.63, 3.8) is 0 Å². The van der Waals surface area contributed by atoms with Gasteiger partial charge in [0, 0.05) is 23.9 Å². The zero-order valence-corrected chi connectivity index (χ0v) is 7.56. The van der Waals surface area contributed by atoms with Gasteiger partial charge in [0.15, 0.2) is 0 Å². The number of hydrogen-bond donors (Lipinski definition) is 0. The van der Waals surface area contributed by atoms with Crippen LogP contribution in [-0.2, 0) is 0 Å². The average Bonchev–Trinajstić information content (AvgIpc) is 2.19. The van der Waals surface area contributed by atoms with Gasteiger partial charge in [0.05, 0.1) is 6.07 Å². The van der Waals surface area contributed by atoms with Gasteiger partial charge in [-0.05, 0) is 31.5 Å². The summed E-state index contributed by atoms with van der Waals surface area (Å²) < 4.78 is 0. The van der Waals surface area contributed by atoms with Gasteiger partial charge in [0.2, 0.25) is 0 Å². The van der Waals surface area contributed by atoms with E-state index in [0.29, 0.717) is 6.54 Å². The van der Waals surface area contributed by atoms with Gasteiger partial charge in [-0.3, -0.25) is 0 Å². The van der Waals surface area contributed by atoms with E-state index in [-0.39, 0.29) is 5.92 Å². The highest BCUT2D eigenvalue weighted by Gasteiger charge is 2.17. The van der Waals surface area contributed by atoms with Gasteiger partial charge < -0.3 is 4.90 Å². The first-order valence-electron chi connectivity index (χ1n) is 4.49. The number of piperidine rings is 1. The van der Waals surface area contributed by atoms with Gasteiger partial charge in [-0.15, -0.1) is 0 Å². The van der Waals surface area contributed by atoms with Crippen LogP contribution < -0.4 is 0 Å². The number of hydrogen-bond acceptors (Lipinski definition) is 3. The molecule has 1 aliphatic heterocycles. The van der Waals surface area contributed by atoms with Gasteiger partial charge in [-0.2, -0.15) is 5.26 Å². The maximum absolute atomic E-state index is 8.66. The molecule has 1 fully saturated rings. The Bertz CT molecular complexity index is 229. The Morgan fingerprint density at radius 2 is 2.23 bits per heavy atom. The predicted molar refractivity (Wildman–Crippen MR) is 48.8 cm³/mol. The molecule has 0 amide bonds. The van der Waals surface area contributed by atoms with E-state index in [9.17, 15) is 0 Å². The molecule has 1 saturated heterocycles. The van der Waals surface area contributed by atoms with Crippen LogP contribution in [0.2, 0.25) is 0 Å². The van der Waals surface area contributed by atoms with Crippen LogP contribution in [0.5, 0.6) is 0 Å². The molecule has 0 aromatic rings. The molecule has 0 aromatic heterocycles. The van der Waals surface area contributed by atoms with Crippen molar-refractivity contribution >= 4 is 0 Å². The Morgan fingerprint density at radius 3 is 2.77 bits per heavy atom. The van der Waals surface area contributed by atoms with Crippen LogP contribution in [0.25, 0.3) is 10.4 Å². The third kappa shape index (κ3) is 3.32. The molecule has 0 aliphatic carbocycles. The fourth-order valence-electron chi connectivity index (χ4n) is 1.52. The van der Waals surface area contributed by atoms with Crippen molar-refractivity contribution in [1.82, 2.24) is 4.90 Å². The Hall–Kier alpha value is -1.24. The molecule has 5 nitrogen and oxygen atoms in total. The predicted octanol–water partition coefficient (Wildman–Crippen LogP) is 1.53. The van der Waals surface area contributed by atoms with Gasteiger partial charge in [0.25, 0.3) is 0 Å². The molecular weight excluding hydrogens is 166 g/mol. The molecule has 70 valence electrons. The quantitative estimate of drug-likeness (QED) is 0.374. The number of likely N-dealkylation sites (tertiary alicyclic amines) is 1. The molecule has 0 atom stereocenters. The van der Waals surface area contributed by atoms with Gasteiger partial charge >= 0.3 is 0 Å². The minimum atomic E-state index is 0.232. The van der Waals surface area contributed by atoms with Gasteiger partial charge in [0.1, 0.15) is 0 Å². The van der Waals surface area contributed by atoms with Crippen molar-refractivity contribution < 1.29 is 0 Å². The van der Waals surface area contributed by atoms with Crippen LogP contribution in [0.4, 0.5) is 0 Å². The molecule has 0 spiro atoms. The summed E-state index contributed by atoms with van der Waals surface area (Å²) in [5.41, 5.74) is 8.07. The molecular formula is C8H13N5. The molecule has 0 bridgehead atoms. The van der Waals surface area contributed by atoms with E-state index in [2.05, 4.69) is 21.0 Å². The Kier molecular flexibility index (Phi) is 4.10. The number of nitriles is 1. The minimum Gasteiger partial charge on any atom is -0.303 e. The van der Waals surface area contributed by atoms with Crippen molar-refractivity contribution in [2.24, 2.45) is 11.0 Å². The molecule has 0 unspecified atom stereocenters. The summed E-state index contributed by atoms with van der Waals surface area (Å²) in [6.45, 7) is 3.27. The number of azide groups is 1. The molecule has 5 heteroatoms. The molecule has 1 aliphatic rings. The second-order valence-electron chi connectivity index (χ2n) is 3.20. The summed E-state index contributed by atoms with van der Waals surface area (Å²) in [6.07, 6.45) is 1.90. The van der Waals surface area contributed by atoms with Crippen LogP contribution in [0.1, 0.15) is 12.8 Å². The Balaban J connectivity index is 2.18. The van der Waals surface area contributed by atoms with E-state index < -0.39 is 0 Å². The average molecular weight is 179 g/mol. The maximum Gasteiger partial charge on any atom is 0.0656 e. The van der Waals surface area contributed by atoms with Crippen LogP contribution >= 0.6 is 0 Å². The fraction of sp³-hybridized carbons (Fsp3) is 0.875. The molecule has 1 heterocycles. The first-order chi connectivity index (χ1) is 6.36. The lowest BCUT2D eigenvalue weighted by Crippen LogP contribution is -2.34. The normalized spacial score (nSPS) is 19.0. The van der Waals surface area contributed by atoms with Gasteiger partial charge in [-0.25, -0.2) is 0 Å². The van der Waals surface area contributed by atoms with E-state index >= 15 is 0 Å². The van der Waals surface area contributed by atoms with E-state index in [4.69, 9.17) is 10.8 Å². The molecule has 1 rings (SSSR count). The van der Waals surface area contributed by atoms with E-state index in [1.165, 1.54) is 0 Å². The Morgan fingerprint density at radius 1 is 1.54 bits per heavy atom. The number of nitrogens with zero attached hydrogens (tertiary/aromatic N) is 5. The van der Waals surface area contributed by atoms with Crippen LogP contribution in [0.15, 0.2) is 5.11 Å². The highest BCUT2D eigenvalue weighted by atomic mass is 15.2. The van der Waals surface area contributed by atoms with Crippen molar-refractivity contribution in [1.29, 1.82) is 5.26 Å². The zero-order valence-electron chi connectivity index (χ0n) is 7.56. The SMILES string of the molecule is N#CC1CCN(CCN=[N+]=[N-])CC1. The van der Waals surface area contributed by atoms with E-state index in [1.54, 1.807) is 0 Å². The minimum absolute atomic E-state index is 0.232. The highest BCUT2D eigenvalue weighted by Crippen LogP contribution is 2.15. The van der Waals surface area contributed by atoms with E-state index in [0.717, 1.165) is 32.5 Å². The monoisotopic (exact) mass is 179 g/mol. The summed E-state index contributed by atoms with van der Waals surface area (Å²) in [5, 5.41) is 12.1. The lowest BCUT2D eigenvalue weighted by atomic mass is 9.99. The summed E-state index contributed by atoms with van der Waals surface area (Å²) in [6, 6.07) is 2.28. The molecule has 0 radical (unpaired) electrons. The fourth-order valence-corrected chi connectivity index (χ4v) is 1.52. The summed E-state index contributed by atoms with van der Waals surface area (Å²) in [5.74, 6) is 0.232. The van der Waals surface area contributed by atoms with E-state index in [1.807, 2.05) is 0 Å². The first-order valence-corrected chi connectivity index (χ1v) is 4.49. The third-order valence-electron chi connectivity index (χ3n) is 2.35. The van der Waals surface area contributed by atoms with Crippen LogP contribution in [0.3, 0.4) is 0 Å². The third-order valence-corrected chi connectivity index (χ3v) is 2.35. The lowest BCUT2D eigenvalue weighted by molar-refractivity contribution is 0.211. The molecule has 0 saturated carbocycles. The topological polar surface area (TPSA) is 75.8 Å². The smallest absolute Gasteiger partial charge is 0.0656 e. The summed E-state index contributed by atoms with van der Waals surface area (Å²) in [4.78, 5) is 4.94. The van der Waals surface area contributed by atoms with Crippen LogP contribution in [-0.4, -0.2) is 31.1 Å². The molecule has 13 heavy (non-hydrogen) atoms. The number of rotatable bonds is 3. The first kappa shape index (κ1) is 9.85. The highest BCUT2D eigenvalue weighted by molar-refractivity contribution is 4.87. The largest absolute Gasteiger partial charge is 0.303 e. The second-order valence-corrected chi connectivity index (χ2v) is 3.20. The molecule has 0 N–H and O–H groups in total. The molecule has 0 aromatic carbocycles.